The molecule has 0 fully saturated rings. The predicted molar refractivity (Wildman–Crippen MR) is 118 cm³/mol. The van der Waals surface area contributed by atoms with Crippen LogP contribution in [0, 0.1) is 0 Å². The largest absolute Gasteiger partial charge is 0.486 e. The van der Waals surface area contributed by atoms with E-state index in [4.69, 9.17) is 4.74 Å². The van der Waals surface area contributed by atoms with Gasteiger partial charge in [-0.05, 0) is 23.8 Å². The number of para-hydroxylation sites is 1. The molecule has 0 saturated carbocycles. The van der Waals surface area contributed by atoms with Gasteiger partial charge in [-0.1, -0.05) is 32.0 Å². The summed E-state index contributed by atoms with van der Waals surface area (Å²) in [5.74, 6) is 0.0598. The third-order valence-corrected chi connectivity index (χ3v) is 5.66. The first-order valence-electron chi connectivity index (χ1n) is 9.40. The van der Waals surface area contributed by atoms with E-state index < -0.39 is 0 Å². The van der Waals surface area contributed by atoms with Crippen LogP contribution < -0.4 is 15.6 Å². The van der Waals surface area contributed by atoms with E-state index in [0.29, 0.717) is 16.0 Å². The molecule has 150 valence electrons. The Bertz CT molecular complexity index is 1210. The summed E-state index contributed by atoms with van der Waals surface area (Å²) in [7, 11) is 3.30. The van der Waals surface area contributed by atoms with Gasteiger partial charge in [-0.2, -0.15) is 0 Å². The number of carbonyl (C=O) groups excluding carboxylic acids is 1. The second kappa shape index (κ2) is 8.87. The molecule has 0 bridgehead atoms. The lowest BCUT2D eigenvalue weighted by Crippen LogP contribution is -2.19. The van der Waals surface area contributed by atoms with Gasteiger partial charge in [0.1, 0.15) is 16.9 Å². The van der Waals surface area contributed by atoms with E-state index in [-0.39, 0.29) is 18.1 Å². The molecule has 0 spiro atoms. The number of amides is 1. The van der Waals surface area contributed by atoms with Crippen molar-refractivity contribution < 1.29 is 9.53 Å². The SMILES string of the molecule is CC.CNC(=O)c1sc2c(c1OCc1ccncc1)c(=O)n(C)c1ccccc21. The van der Waals surface area contributed by atoms with Crippen LogP contribution in [-0.4, -0.2) is 22.5 Å². The summed E-state index contributed by atoms with van der Waals surface area (Å²) in [6.45, 7) is 4.24. The van der Waals surface area contributed by atoms with Crippen molar-refractivity contribution in [3.05, 3.63) is 69.6 Å². The molecule has 4 rings (SSSR count). The van der Waals surface area contributed by atoms with Gasteiger partial charge in [-0.15, -0.1) is 11.3 Å². The molecule has 29 heavy (non-hydrogen) atoms. The van der Waals surface area contributed by atoms with Crippen LogP contribution in [-0.2, 0) is 13.7 Å². The number of hydrogen-bond acceptors (Lipinski definition) is 5. The third kappa shape index (κ3) is 3.73. The number of ether oxygens (including phenoxy) is 1. The fourth-order valence-electron chi connectivity index (χ4n) is 3.07. The van der Waals surface area contributed by atoms with Gasteiger partial charge in [0, 0.05) is 31.9 Å². The van der Waals surface area contributed by atoms with Gasteiger partial charge in [0.2, 0.25) is 0 Å². The van der Waals surface area contributed by atoms with E-state index in [9.17, 15) is 9.59 Å². The summed E-state index contributed by atoms with van der Waals surface area (Å²) in [4.78, 5) is 29.9. The first kappa shape index (κ1) is 20.5. The average molecular weight is 410 g/mol. The lowest BCUT2D eigenvalue weighted by atomic mass is 10.1. The van der Waals surface area contributed by atoms with Gasteiger partial charge >= 0.3 is 0 Å². The van der Waals surface area contributed by atoms with Crippen molar-refractivity contribution in [2.75, 3.05) is 7.05 Å². The summed E-state index contributed by atoms with van der Waals surface area (Å²) in [5, 5.41) is 3.99. The minimum Gasteiger partial charge on any atom is -0.486 e. The quantitative estimate of drug-likeness (QED) is 0.550. The number of fused-ring (bicyclic) bond motifs is 3. The second-order valence-corrected chi connectivity index (χ2v) is 7.09. The zero-order valence-electron chi connectivity index (χ0n) is 16.9. The highest BCUT2D eigenvalue weighted by Gasteiger charge is 2.24. The topological polar surface area (TPSA) is 73.2 Å². The van der Waals surface area contributed by atoms with Gasteiger partial charge in [-0.25, -0.2) is 0 Å². The van der Waals surface area contributed by atoms with Gasteiger partial charge in [0.05, 0.1) is 10.2 Å². The Morgan fingerprint density at radius 2 is 1.86 bits per heavy atom. The molecule has 1 aromatic carbocycles. The van der Waals surface area contributed by atoms with Crippen molar-refractivity contribution in [3.63, 3.8) is 0 Å². The molecule has 1 N–H and O–H groups in total. The van der Waals surface area contributed by atoms with Crippen molar-refractivity contribution in [1.29, 1.82) is 0 Å². The van der Waals surface area contributed by atoms with Crippen LogP contribution in [0.1, 0.15) is 29.1 Å². The van der Waals surface area contributed by atoms with Gasteiger partial charge < -0.3 is 14.6 Å². The molecule has 0 aliphatic heterocycles. The zero-order chi connectivity index (χ0) is 21.0. The molecule has 7 heteroatoms. The van der Waals surface area contributed by atoms with E-state index in [1.807, 2.05) is 50.2 Å². The number of aryl methyl sites for hydroxylation is 1. The highest BCUT2D eigenvalue weighted by atomic mass is 32.1. The van der Waals surface area contributed by atoms with Crippen LogP contribution in [0.25, 0.3) is 21.0 Å². The van der Waals surface area contributed by atoms with Crippen LogP contribution in [0.15, 0.2) is 53.6 Å². The van der Waals surface area contributed by atoms with E-state index in [0.717, 1.165) is 21.2 Å². The van der Waals surface area contributed by atoms with Crippen molar-refractivity contribution in [2.45, 2.75) is 20.5 Å². The van der Waals surface area contributed by atoms with Crippen LogP contribution in [0.2, 0.25) is 0 Å². The first-order valence-corrected chi connectivity index (χ1v) is 10.2. The second-order valence-electron chi connectivity index (χ2n) is 6.07. The molecule has 0 atom stereocenters. The Morgan fingerprint density at radius 1 is 1.17 bits per heavy atom. The first-order chi connectivity index (χ1) is 14.1. The molecule has 6 nitrogen and oxygen atoms in total. The van der Waals surface area contributed by atoms with Gasteiger partial charge in [0.15, 0.2) is 5.75 Å². The van der Waals surface area contributed by atoms with Crippen LogP contribution in [0.4, 0.5) is 0 Å². The number of pyridine rings is 2. The van der Waals surface area contributed by atoms with E-state index in [1.165, 1.54) is 11.3 Å². The van der Waals surface area contributed by atoms with Crippen molar-refractivity contribution in [1.82, 2.24) is 14.9 Å². The molecule has 1 amide bonds. The van der Waals surface area contributed by atoms with Crippen LogP contribution >= 0.6 is 11.3 Å². The van der Waals surface area contributed by atoms with Crippen LogP contribution in [0.3, 0.4) is 0 Å². The molecule has 0 radical (unpaired) electrons. The fraction of sp³-hybridized carbons (Fsp3) is 0.227. The van der Waals surface area contributed by atoms with E-state index >= 15 is 0 Å². The number of hydrogen-bond donors (Lipinski definition) is 1. The maximum atomic E-state index is 13.0. The molecule has 0 aliphatic rings. The third-order valence-electron chi connectivity index (χ3n) is 4.46. The highest BCUT2D eigenvalue weighted by Crippen LogP contribution is 2.39. The highest BCUT2D eigenvalue weighted by molar-refractivity contribution is 7.22. The Labute approximate surface area is 172 Å². The fourth-order valence-corrected chi connectivity index (χ4v) is 4.29. The number of rotatable bonds is 4. The lowest BCUT2D eigenvalue weighted by molar-refractivity contribution is 0.0963. The van der Waals surface area contributed by atoms with Crippen molar-refractivity contribution in [3.8, 4) is 5.75 Å². The number of nitrogens with one attached hydrogen (secondary N) is 1. The maximum Gasteiger partial charge on any atom is 0.264 e. The number of thiophene rings is 1. The summed E-state index contributed by atoms with van der Waals surface area (Å²) in [5.41, 5.74) is 1.55. The summed E-state index contributed by atoms with van der Waals surface area (Å²) in [6.07, 6.45) is 3.35. The number of benzene rings is 1. The zero-order valence-corrected chi connectivity index (χ0v) is 17.7. The van der Waals surface area contributed by atoms with E-state index in [1.54, 1.807) is 31.1 Å². The Balaban J connectivity index is 0.00000117. The Hall–Kier alpha value is -3.19. The number of aromatic nitrogens is 2. The smallest absolute Gasteiger partial charge is 0.264 e. The Kier molecular flexibility index (Phi) is 6.29. The van der Waals surface area contributed by atoms with Crippen molar-refractivity contribution >= 4 is 38.2 Å². The Morgan fingerprint density at radius 3 is 2.55 bits per heavy atom. The monoisotopic (exact) mass is 409 g/mol. The molecular weight excluding hydrogens is 386 g/mol. The summed E-state index contributed by atoms with van der Waals surface area (Å²) < 4.78 is 8.35. The predicted octanol–water partition coefficient (Wildman–Crippen LogP) is 4.11. The molecule has 0 saturated heterocycles. The minimum atomic E-state index is -0.271. The molecule has 3 aromatic heterocycles. The summed E-state index contributed by atoms with van der Waals surface area (Å²) in [6, 6.07) is 11.3. The average Bonchev–Trinajstić information content (AvgIpc) is 3.17. The maximum absolute atomic E-state index is 13.0. The number of carbonyl (C=O) groups is 1. The molecule has 0 unspecified atom stereocenters. The normalized spacial score (nSPS) is 10.5. The summed E-state index contributed by atoms with van der Waals surface area (Å²) >= 11 is 1.28. The number of nitrogens with zero attached hydrogens (tertiary/aromatic N) is 2. The van der Waals surface area contributed by atoms with Crippen molar-refractivity contribution in [2.24, 2.45) is 7.05 Å². The molecular formula is C22H23N3O3S. The molecule has 4 aromatic rings. The van der Waals surface area contributed by atoms with Gasteiger partial charge in [0.25, 0.3) is 11.5 Å². The standard InChI is InChI=1S/C20H17N3O3S.C2H6/c1-21-19(24)18-16(26-11-12-7-9-22-10-8-12)15-17(27-18)13-5-3-4-6-14(13)23(2)20(15)25;1-2/h3-10H,11H2,1-2H3,(H,21,24);1-2H3. The lowest BCUT2D eigenvalue weighted by Gasteiger charge is -2.09. The molecule has 3 heterocycles. The minimum absolute atomic E-state index is 0.181. The van der Waals surface area contributed by atoms with Crippen LogP contribution in [0.5, 0.6) is 5.75 Å². The van der Waals surface area contributed by atoms with E-state index in [2.05, 4.69) is 10.3 Å². The molecule has 0 aliphatic carbocycles. The van der Waals surface area contributed by atoms with Gasteiger partial charge in [-0.3, -0.25) is 14.6 Å².